The number of anilines is 1. The quantitative estimate of drug-likeness (QED) is 0.458. The Kier molecular flexibility index (Phi) is 7.83. The van der Waals surface area contributed by atoms with Crippen LogP contribution in [-0.4, -0.2) is 58.5 Å². The van der Waals surface area contributed by atoms with Crippen LogP contribution in [0.1, 0.15) is 49.1 Å². The van der Waals surface area contributed by atoms with Crippen molar-refractivity contribution in [3.8, 4) is 0 Å². The van der Waals surface area contributed by atoms with Crippen molar-refractivity contribution in [3.05, 3.63) is 51.7 Å². The van der Waals surface area contributed by atoms with Gasteiger partial charge in [-0.1, -0.05) is 32.0 Å². The van der Waals surface area contributed by atoms with Crippen LogP contribution in [-0.2, 0) is 29.2 Å². The molecule has 3 aliphatic heterocycles. The molecular weight excluding hydrogens is 483 g/mol. The van der Waals surface area contributed by atoms with Gasteiger partial charge < -0.3 is 15.0 Å². The molecule has 35 heavy (non-hydrogen) atoms. The summed E-state index contributed by atoms with van der Waals surface area (Å²) in [6.45, 7) is 9.75. The monoisotopic (exact) mass is 511 g/mol. The molecule has 11 heteroatoms. The van der Waals surface area contributed by atoms with Crippen molar-refractivity contribution in [2.45, 2.75) is 52.4 Å². The van der Waals surface area contributed by atoms with Crippen molar-refractivity contribution >= 4 is 23.8 Å². The van der Waals surface area contributed by atoms with Gasteiger partial charge in [-0.05, 0) is 30.0 Å². The lowest BCUT2D eigenvalue weighted by Crippen LogP contribution is -2.48. The number of rotatable bonds is 6. The van der Waals surface area contributed by atoms with Crippen LogP contribution in [0.2, 0.25) is 5.28 Å². The third-order valence-electron chi connectivity index (χ3n) is 6.56. The number of halogens is 4. The average molecular weight is 512 g/mol. The number of carbonyl (C=O) groups excluding carboxylic acids is 1. The molecule has 0 saturated carbocycles. The smallest absolute Gasteiger partial charge is 0.266 e. The van der Waals surface area contributed by atoms with Gasteiger partial charge in [0.25, 0.3) is 6.43 Å². The normalized spacial score (nSPS) is 19.2. The van der Waals surface area contributed by atoms with Gasteiger partial charge in [0.15, 0.2) is 0 Å². The Morgan fingerprint density at radius 3 is 2.66 bits per heavy atom. The maximum absolute atomic E-state index is 14.1. The Balaban J connectivity index is 0.000000218. The summed E-state index contributed by atoms with van der Waals surface area (Å²) in [5.74, 6) is -0.595. The third-order valence-corrected chi connectivity index (χ3v) is 6.73. The predicted octanol–water partition coefficient (Wildman–Crippen LogP) is 4.41. The molecule has 1 aromatic carbocycles. The predicted molar refractivity (Wildman–Crippen MR) is 126 cm³/mol. The highest BCUT2D eigenvalue weighted by atomic mass is 35.5. The van der Waals surface area contributed by atoms with Gasteiger partial charge >= 0.3 is 0 Å². The van der Waals surface area contributed by atoms with E-state index in [0.29, 0.717) is 42.0 Å². The van der Waals surface area contributed by atoms with Gasteiger partial charge in [0, 0.05) is 24.2 Å². The highest BCUT2D eigenvalue weighted by molar-refractivity contribution is 6.28. The topological polar surface area (TPSA) is 70.6 Å². The Labute approximate surface area is 207 Å². The molecule has 0 aliphatic carbocycles. The van der Waals surface area contributed by atoms with E-state index < -0.39 is 17.8 Å². The molecular formula is C24H29ClF3N5O2. The third kappa shape index (κ3) is 6.05. The fourth-order valence-electron chi connectivity index (χ4n) is 4.45. The number of carbonyl (C=O) groups is 1. The molecule has 7 nitrogen and oxygen atoms in total. The number of fused-ring (bicyclic) bond motifs is 1. The zero-order chi connectivity index (χ0) is 25.2. The molecule has 2 fully saturated rings. The van der Waals surface area contributed by atoms with Gasteiger partial charge in [0.05, 0.1) is 43.6 Å². The van der Waals surface area contributed by atoms with E-state index in [1.54, 1.807) is 0 Å². The number of nitrogens with one attached hydrogen (secondary N) is 1. The molecule has 0 bridgehead atoms. The molecule has 0 radical (unpaired) electrons. The van der Waals surface area contributed by atoms with Crippen molar-refractivity contribution in [2.75, 3.05) is 31.6 Å². The van der Waals surface area contributed by atoms with Crippen molar-refractivity contribution in [1.82, 2.24) is 19.8 Å². The molecule has 190 valence electrons. The number of hydrogen-bond donors (Lipinski definition) is 1. The molecule has 0 atom stereocenters. The van der Waals surface area contributed by atoms with Gasteiger partial charge in [-0.15, -0.1) is 0 Å². The summed E-state index contributed by atoms with van der Waals surface area (Å²) in [4.78, 5) is 23.1. The number of benzene rings is 1. The highest BCUT2D eigenvalue weighted by Crippen LogP contribution is 2.31. The zero-order valence-electron chi connectivity index (χ0n) is 19.7. The summed E-state index contributed by atoms with van der Waals surface area (Å²) in [6, 6.07) is 4.57. The first kappa shape index (κ1) is 25.7. The molecule has 2 aromatic rings. The van der Waals surface area contributed by atoms with Gasteiger partial charge in [-0.2, -0.15) is 0 Å². The van der Waals surface area contributed by atoms with E-state index in [9.17, 15) is 18.0 Å². The summed E-state index contributed by atoms with van der Waals surface area (Å²) >= 11 is 5.86. The van der Waals surface area contributed by atoms with E-state index in [4.69, 9.17) is 16.3 Å². The fraction of sp³-hybridized carbons (Fsp3) is 0.542. The van der Waals surface area contributed by atoms with E-state index in [1.807, 2.05) is 0 Å². The van der Waals surface area contributed by atoms with Crippen LogP contribution in [0.4, 0.5) is 19.0 Å². The maximum atomic E-state index is 14.1. The number of nitrogens with zero attached hydrogens (tertiary/aromatic N) is 4. The zero-order valence-corrected chi connectivity index (χ0v) is 20.5. The Bertz CT molecular complexity index is 1070. The molecule has 1 aromatic heterocycles. The van der Waals surface area contributed by atoms with Crippen LogP contribution in [0.25, 0.3) is 0 Å². The highest BCUT2D eigenvalue weighted by Gasteiger charge is 2.36. The summed E-state index contributed by atoms with van der Waals surface area (Å²) in [6.07, 6.45) is -0.849. The number of aromatic nitrogens is 2. The number of likely N-dealkylation sites (tertiary alicyclic amines) is 1. The summed E-state index contributed by atoms with van der Waals surface area (Å²) in [5, 5.41) is 2.88. The second kappa shape index (κ2) is 10.7. The van der Waals surface area contributed by atoms with Crippen LogP contribution in [0.3, 0.4) is 0 Å². The van der Waals surface area contributed by atoms with Crippen molar-refractivity contribution in [3.63, 3.8) is 0 Å². The lowest BCUT2D eigenvalue weighted by Gasteiger charge is -2.35. The molecule has 0 spiro atoms. The molecule has 3 aliphatic rings. The summed E-state index contributed by atoms with van der Waals surface area (Å²) < 4.78 is 44.7. The number of ether oxygens (including phenoxy) is 1. The van der Waals surface area contributed by atoms with Gasteiger partial charge in [-0.25, -0.2) is 23.1 Å². The Hall–Kier alpha value is -2.43. The molecule has 0 unspecified atom stereocenters. The second-order valence-electron chi connectivity index (χ2n) is 9.83. The van der Waals surface area contributed by atoms with Crippen molar-refractivity contribution < 1.29 is 22.7 Å². The minimum atomic E-state index is -2.89. The largest absolute Gasteiger partial charge is 0.378 e. The first-order valence-corrected chi connectivity index (χ1v) is 11.9. The van der Waals surface area contributed by atoms with E-state index in [1.165, 1.54) is 36.5 Å². The SMILES string of the molecule is CC1(C)CCN(C2COC2)C1.O=CN1Cc2nc(Cl)nc(NCc3cccc(C(F)F)c3F)c2C1. The minimum absolute atomic E-state index is 0.00852. The lowest BCUT2D eigenvalue weighted by molar-refractivity contribution is -0.118. The average Bonchev–Trinajstić information content (AvgIpc) is 3.34. The number of alkyl halides is 2. The van der Waals surface area contributed by atoms with Gasteiger partial charge in [-0.3, -0.25) is 9.69 Å². The minimum Gasteiger partial charge on any atom is -0.378 e. The van der Waals surface area contributed by atoms with Crippen LogP contribution in [0.5, 0.6) is 0 Å². The van der Waals surface area contributed by atoms with Crippen LogP contribution in [0, 0.1) is 11.2 Å². The summed E-state index contributed by atoms with van der Waals surface area (Å²) in [5.41, 5.74) is 1.27. The van der Waals surface area contributed by atoms with Crippen LogP contribution >= 0.6 is 11.6 Å². The molecule has 4 heterocycles. The lowest BCUT2D eigenvalue weighted by atomic mass is 9.93. The van der Waals surface area contributed by atoms with E-state index in [0.717, 1.165) is 25.3 Å². The first-order chi connectivity index (χ1) is 16.7. The Morgan fingerprint density at radius 1 is 1.29 bits per heavy atom. The fourth-order valence-corrected chi connectivity index (χ4v) is 4.64. The van der Waals surface area contributed by atoms with E-state index in [-0.39, 0.29) is 17.4 Å². The second-order valence-corrected chi connectivity index (χ2v) is 10.2. The molecule has 2 saturated heterocycles. The standard InChI is InChI=1S/C15H12ClF3N4O.C9H17NO/c16-15-21-11-6-23(7-24)5-10(11)14(22-15)20-4-8-2-1-3-9(12(8)17)13(18)19;1-9(2)3-4-10(7-9)8-5-11-6-8/h1-3,7,13H,4-6H2,(H,20,21,22);8H,3-7H2,1-2H3. The molecule has 5 rings (SSSR count). The van der Waals surface area contributed by atoms with Crippen LogP contribution in [0.15, 0.2) is 18.2 Å². The van der Waals surface area contributed by atoms with Gasteiger partial charge in [0.1, 0.15) is 11.6 Å². The van der Waals surface area contributed by atoms with E-state index >= 15 is 0 Å². The summed E-state index contributed by atoms with van der Waals surface area (Å²) in [7, 11) is 0. The van der Waals surface area contributed by atoms with Gasteiger partial charge in [0.2, 0.25) is 11.7 Å². The number of amides is 1. The number of hydrogen-bond acceptors (Lipinski definition) is 6. The maximum Gasteiger partial charge on any atom is 0.266 e. The first-order valence-electron chi connectivity index (χ1n) is 11.5. The van der Waals surface area contributed by atoms with Crippen LogP contribution < -0.4 is 5.32 Å². The molecule has 1 amide bonds. The van der Waals surface area contributed by atoms with E-state index in [2.05, 4.69) is 34.0 Å². The van der Waals surface area contributed by atoms with Crippen molar-refractivity contribution in [1.29, 1.82) is 0 Å². The molecule has 1 N–H and O–H groups in total. The Morgan fingerprint density at radius 2 is 2.06 bits per heavy atom. The van der Waals surface area contributed by atoms with Crippen molar-refractivity contribution in [2.24, 2.45) is 5.41 Å².